The number of benzene rings is 3. The third-order valence-corrected chi connectivity index (χ3v) is 6.40. The van der Waals surface area contributed by atoms with Gasteiger partial charge in [-0.15, -0.1) is 0 Å². The highest BCUT2D eigenvalue weighted by molar-refractivity contribution is 6.24. The molecule has 0 unspecified atom stereocenters. The lowest BCUT2D eigenvalue weighted by Crippen LogP contribution is -1.90. The molecule has 3 aromatic carbocycles. The van der Waals surface area contributed by atoms with E-state index in [1.807, 2.05) is 12.4 Å². The van der Waals surface area contributed by atoms with Crippen LogP contribution in [0.5, 0.6) is 0 Å². The van der Waals surface area contributed by atoms with Gasteiger partial charge in [0, 0.05) is 33.7 Å². The number of imidazole rings is 3. The molecule has 0 aliphatic heterocycles. The second-order valence-corrected chi connectivity index (χ2v) is 9.32. The third kappa shape index (κ3) is 3.13. The van der Waals surface area contributed by atoms with Crippen LogP contribution >= 0.6 is 0 Å². The summed E-state index contributed by atoms with van der Waals surface area (Å²) >= 11 is 0. The van der Waals surface area contributed by atoms with Gasteiger partial charge in [-0.2, -0.15) is 0 Å². The number of nitrogens with one attached hydrogen (secondary N) is 3. The maximum absolute atomic E-state index is 4.69. The molecule has 3 aromatic heterocycles. The molecule has 0 radical (unpaired) electrons. The Morgan fingerprint density at radius 3 is 1.73 bits per heavy atom. The molecule has 6 nitrogen and oxygen atoms in total. The van der Waals surface area contributed by atoms with Gasteiger partial charge in [0.2, 0.25) is 0 Å². The van der Waals surface area contributed by atoms with Crippen molar-refractivity contribution < 1.29 is 0 Å². The van der Waals surface area contributed by atoms with Gasteiger partial charge in [0.15, 0.2) is 0 Å². The molecule has 0 fully saturated rings. The first-order valence-corrected chi connectivity index (χ1v) is 11.4. The first-order valence-electron chi connectivity index (χ1n) is 11.4. The third-order valence-electron chi connectivity index (χ3n) is 6.40. The Labute approximate surface area is 191 Å². The van der Waals surface area contributed by atoms with Crippen LogP contribution in [0.15, 0.2) is 55.1 Å². The van der Waals surface area contributed by atoms with Crippen molar-refractivity contribution in [1.29, 1.82) is 0 Å². The minimum absolute atomic E-state index is 0.363. The van der Waals surface area contributed by atoms with E-state index in [1.165, 1.54) is 10.8 Å². The van der Waals surface area contributed by atoms with Crippen LogP contribution in [-0.4, -0.2) is 29.9 Å². The minimum atomic E-state index is 0.363. The van der Waals surface area contributed by atoms with Crippen molar-refractivity contribution in [3.8, 4) is 22.5 Å². The Morgan fingerprint density at radius 2 is 1.18 bits per heavy atom. The van der Waals surface area contributed by atoms with Gasteiger partial charge in [0.25, 0.3) is 0 Å². The smallest absolute Gasteiger partial charge is 0.109 e. The maximum atomic E-state index is 4.69. The highest BCUT2D eigenvalue weighted by Gasteiger charge is 2.15. The molecule has 6 heteroatoms. The normalized spacial score (nSPS) is 12.2. The molecule has 0 spiro atoms. The molecule has 164 valence electrons. The van der Waals surface area contributed by atoms with E-state index >= 15 is 0 Å². The van der Waals surface area contributed by atoms with E-state index in [1.54, 1.807) is 6.33 Å². The topological polar surface area (TPSA) is 86.0 Å². The van der Waals surface area contributed by atoms with Crippen molar-refractivity contribution in [2.75, 3.05) is 0 Å². The number of rotatable bonds is 4. The minimum Gasteiger partial charge on any atom is -0.344 e. The number of aromatic amines is 3. The molecule has 0 aliphatic rings. The second-order valence-electron chi connectivity index (χ2n) is 9.32. The average molecular weight is 435 g/mol. The number of hydrogen-bond donors (Lipinski definition) is 3. The zero-order valence-corrected chi connectivity index (χ0v) is 19.2. The van der Waals surface area contributed by atoms with E-state index in [2.05, 4.69) is 89.0 Å². The number of H-pyrrole nitrogens is 3. The van der Waals surface area contributed by atoms with Crippen molar-refractivity contribution in [3.63, 3.8) is 0 Å². The van der Waals surface area contributed by atoms with Gasteiger partial charge in [-0.25, -0.2) is 15.0 Å². The molecule has 3 N–H and O–H groups in total. The lowest BCUT2D eigenvalue weighted by Gasteiger charge is -2.10. The van der Waals surface area contributed by atoms with Crippen LogP contribution in [0.25, 0.3) is 55.1 Å². The van der Waals surface area contributed by atoms with Gasteiger partial charge in [0.05, 0.1) is 41.1 Å². The van der Waals surface area contributed by atoms with E-state index in [0.717, 1.165) is 56.0 Å². The second kappa shape index (κ2) is 7.30. The predicted molar refractivity (Wildman–Crippen MR) is 134 cm³/mol. The zero-order valence-electron chi connectivity index (χ0n) is 19.2. The van der Waals surface area contributed by atoms with Crippen molar-refractivity contribution in [3.05, 3.63) is 66.8 Å². The molecule has 0 aliphatic carbocycles. The molecule has 0 saturated carbocycles. The Bertz CT molecular complexity index is 1510. The molecule has 0 saturated heterocycles. The summed E-state index contributed by atoms with van der Waals surface area (Å²) in [5.41, 5.74) is 6.32. The van der Waals surface area contributed by atoms with Crippen LogP contribution in [0, 0.1) is 0 Å². The fraction of sp³-hybridized carbons (Fsp3) is 0.222. The predicted octanol–water partition coefficient (Wildman–Crippen LogP) is 6.90. The highest BCUT2D eigenvalue weighted by Crippen LogP contribution is 2.37. The van der Waals surface area contributed by atoms with Gasteiger partial charge in [-0.05, 0) is 22.9 Å². The van der Waals surface area contributed by atoms with Gasteiger partial charge < -0.3 is 15.0 Å². The van der Waals surface area contributed by atoms with Crippen LogP contribution in [0.2, 0.25) is 0 Å². The van der Waals surface area contributed by atoms with Crippen LogP contribution in [-0.2, 0) is 0 Å². The lowest BCUT2D eigenvalue weighted by molar-refractivity contribution is 0.795. The summed E-state index contributed by atoms with van der Waals surface area (Å²) in [5.74, 6) is 2.73. The van der Waals surface area contributed by atoms with E-state index in [9.17, 15) is 0 Å². The number of nitrogens with zero attached hydrogens (tertiary/aromatic N) is 3. The van der Waals surface area contributed by atoms with E-state index in [-0.39, 0.29) is 0 Å². The molecule has 6 rings (SSSR count). The first-order chi connectivity index (χ1) is 16.0. The SMILES string of the molecule is CC(C)c1ncc(-c2ccc3c4ccc(-c5cnc(C(C)C)[nH]5)cc4c4[nH]cnc4c3c2)[nH]1. The number of aromatic nitrogens is 6. The Balaban J connectivity index is 1.55. The van der Waals surface area contributed by atoms with Gasteiger partial charge in [0.1, 0.15) is 11.6 Å². The van der Waals surface area contributed by atoms with Crippen LogP contribution in [0.1, 0.15) is 51.2 Å². The molecule has 3 heterocycles. The van der Waals surface area contributed by atoms with Crippen molar-refractivity contribution in [2.24, 2.45) is 0 Å². The Morgan fingerprint density at radius 1 is 0.636 bits per heavy atom. The van der Waals surface area contributed by atoms with Gasteiger partial charge >= 0.3 is 0 Å². The monoisotopic (exact) mass is 434 g/mol. The quantitative estimate of drug-likeness (QED) is 0.264. The van der Waals surface area contributed by atoms with Gasteiger partial charge in [-0.1, -0.05) is 52.0 Å². The highest BCUT2D eigenvalue weighted by atomic mass is 14.9. The van der Waals surface area contributed by atoms with Crippen molar-refractivity contribution in [1.82, 2.24) is 29.9 Å². The Hall–Kier alpha value is -3.93. The standard InChI is InChI=1S/C27H26N6/c1-14(2)26-28-11-22(32-26)16-5-7-18-19-8-6-17(23-12-29-27(33-23)15(3)4)10-21(19)25-24(20(18)9-16)30-13-31-25/h5-15H,1-4H3,(H,28,32)(H,29,33)(H,30,31). The molecule has 33 heavy (non-hydrogen) atoms. The zero-order chi connectivity index (χ0) is 22.7. The van der Waals surface area contributed by atoms with E-state index in [4.69, 9.17) is 4.98 Å². The summed E-state index contributed by atoms with van der Waals surface area (Å²) in [7, 11) is 0. The van der Waals surface area contributed by atoms with Crippen LogP contribution in [0.3, 0.4) is 0 Å². The molecular formula is C27H26N6. The lowest BCUT2D eigenvalue weighted by atomic mass is 9.96. The summed E-state index contributed by atoms with van der Waals surface area (Å²) in [5, 5.41) is 4.68. The van der Waals surface area contributed by atoms with E-state index in [0.29, 0.717) is 11.8 Å². The molecule has 0 bridgehead atoms. The first kappa shape index (κ1) is 19.7. The maximum Gasteiger partial charge on any atom is 0.109 e. The molecule has 0 atom stereocenters. The van der Waals surface area contributed by atoms with Crippen LogP contribution < -0.4 is 0 Å². The molecular weight excluding hydrogens is 408 g/mol. The van der Waals surface area contributed by atoms with Crippen molar-refractivity contribution in [2.45, 2.75) is 39.5 Å². The number of fused-ring (bicyclic) bond motifs is 6. The summed E-state index contributed by atoms with van der Waals surface area (Å²) in [6.07, 6.45) is 5.62. The molecule has 6 aromatic rings. The largest absolute Gasteiger partial charge is 0.344 e. The van der Waals surface area contributed by atoms with Crippen LogP contribution in [0.4, 0.5) is 0 Å². The summed E-state index contributed by atoms with van der Waals surface area (Å²) < 4.78 is 0. The number of hydrogen-bond acceptors (Lipinski definition) is 3. The average Bonchev–Trinajstić information content (AvgIpc) is 3.59. The fourth-order valence-corrected chi connectivity index (χ4v) is 4.55. The van der Waals surface area contributed by atoms with Gasteiger partial charge in [-0.3, -0.25) is 0 Å². The Kier molecular flexibility index (Phi) is 4.37. The van der Waals surface area contributed by atoms with E-state index < -0.39 is 0 Å². The fourth-order valence-electron chi connectivity index (χ4n) is 4.55. The van der Waals surface area contributed by atoms with Crippen molar-refractivity contribution >= 4 is 32.6 Å². The summed E-state index contributed by atoms with van der Waals surface area (Å²) in [4.78, 5) is 24.1. The molecule has 0 amide bonds. The summed E-state index contributed by atoms with van der Waals surface area (Å²) in [6.45, 7) is 8.57. The summed E-state index contributed by atoms with van der Waals surface area (Å²) in [6, 6.07) is 13.2.